The summed E-state index contributed by atoms with van der Waals surface area (Å²) in [5, 5.41) is -0.342. The van der Waals surface area contributed by atoms with Gasteiger partial charge in [-0.25, -0.2) is 14.7 Å². The molecule has 1 aromatic carbocycles. The average molecular weight is 523 g/mol. The maximum atomic E-state index is 13.3. The highest BCUT2D eigenvalue weighted by molar-refractivity contribution is 7.90. The van der Waals surface area contributed by atoms with Crippen LogP contribution in [0.5, 0.6) is 11.6 Å². The lowest BCUT2D eigenvalue weighted by atomic mass is 9.79. The van der Waals surface area contributed by atoms with Crippen LogP contribution in [-0.2, 0) is 10.0 Å². The van der Waals surface area contributed by atoms with Crippen LogP contribution in [0.25, 0.3) is 0 Å². The molecule has 0 saturated heterocycles. The Kier molecular flexibility index (Phi) is 7.82. The number of pyridine rings is 2. The number of hydrogen-bond acceptors (Lipinski definition) is 7. The average Bonchev–Trinajstić information content (AvgIpc) is 2.86. The molecule has 196 valence electrons. The first-order valence-corrected chi connectivity index (χ1v) is 14.1. The topological polar surface area (TPSA) is 124 Å². The molecule has 1 aliphatic carbocycles. The van der Waals surface area contributed by atoms with Gasteiger partial charge in [0.1, 0.15) is 17.1 Å². The van der Waals surface area contributed by atoms with E-state index in [0.717, 1.165) is 54.0 Å². The van der Waals surface area contributed by atoms with Crippen LogP contribution in [-0.4, -0.2) is 24.3 Å². The zero-order valence-corrected chi connectivity index (χ0v) is 22.6. The third-order valence-electron chi connectivity index (χ3n) is 7.02. The zero-order valence-electron chi connectivity index (χ0n) is 21.7. The summed E-state index contributed by atoms with van der Waals surface area (Å²) in [7, 11) is -4.26. The molecule has 4 rings (SSSR count). The molecule has 1 saturated carbocycles. The molecule has 0 spiro atoms. The summed E-state index contributed by atoms with van der Waals surface area (Å²) >= 11 is 0. The summed E-state index contributed by atoms with van der Waals surface area (Å²) in [4.78, 5) is 21.9. The summed E-state index contributed by atoms with van der Waals surface area (Å²) < 4.78 is 34.0. The molecule has 0 bridgehead atoms. The summed E-state index contributed by atoms with van der Waals surface area (Å²) in [5.41, 5.74) is 9.40. The van der Waals surface area contributed by atoms with Crippen molar-refractivity contribution in [3.05, 3.63) is 70.4 Å². The Balaban J connectivity index is 1.70. The van der Waals surface area contributed by atoms with E-state index in [-0.39, 0.29) is 28.2 Å². The second-order valence-electron chi connectivity index (χ2n) is 9.88. The highest BCUT2D eigenvalue weighted by Gasteiger charge is 2.27. The summed E-state index contributed by atoms with van der Waals surface area (Å²) in [5.74, 6) is 0.866. The molecule has 3 N–H and O–H groups in total. The monoisotopic (exact) mass is 522 g/mol. The Morgan fingerprint density at radius 2 is 1.70 bits per heavy atom. The third kappa shape index (κ3) is 6.10. The Bertz CT molecular complexity index is 1390. The molecule has 0 radical (unpaired) electrons. The molecular weight excluding hydrogens is 488 g/mol. The number of hydrogen-bond donors (Lipinski definition) is 2. The maximum absolute atomic E-state index is 13.3. The lowest BCUT2D eigenvalue weighted by Gasteiger charge is -2.27. The molecule has 1 amide bonds. The highest BCUT2D eigenvalue weighted by Crippen LogP contribution is 2.38. The summed E-state index contributed by atoms with van der Waals surface area (Å²) in [6, 6.07) is 11.6. The molecule has 0 unspecified atom stereocenters. The lowest BCUT2D eigenvalue weighted by Crippen LogP contribution is -2.31. The number of anilines is 1. The predicted molar refractivity (Wildman–Crippen MR) is 143 cm³/mol. The van der Waals surface area contributed by atoms with Crippen LogP contribution in [0.2, 0.25) is 0 Å². The van der Waals surface area contributed by atoms with E-state index in [1.54, 1.807) is 12.1 Å². The van der Waals surface area contributed by atoms with Crippen molar-refractivity contribution < 1.29 is 17.9 Å². The predicted octanol–water partition coefficient (Wildman–Crippen LogP) is 5.58. The van der Waals surface area contributed by atoms with E-state index in [1.165, 1.54) is 24.6 Å². The number of benzene rings is 1. The smallest absolute Gasteiger partial charge is 0.281 e. The minimum atomic E-state index is -4.26. The van der Waals surface area contributed by atoms with Gasteiger partial charge in [-0.15, -0.1) is 0 Å². The number of nitrogens with one attached hydrogen (secondary N) is 1. The largest absolute Gasteiger partial charge is 0.438 e. The van der Waals surface area contributed by atoms with E-state index < -0.39 is 15.9 Å². The van der Waals surface area contributed by atoms with E-state index in [2.05, 4.69) is 16.6 Å². The number of nitrogens with two attached hydrogens (primary N) is 1. The molecule has 1 fully saturated rings. The fourth-order valence-corrected chi connectivity index (χ4v) is 5.98. The number of nitrogens with zero attached hydrogens (tertiary/aromatic N) is 2. The Labute approximate surface area is 218 Å². The number of carbonyl (C=O) groups is 1. The first-order valence-electron chi connectivity index (χ1n) is 12.6. The molecular formula is C28H34N4O4S. The van der Waals surface area contributed by atoms with Gasteiger partial charge in [-0.3, -0.25) is 4.79 Å². The van der Waals surface area contributed by atoms with Crippen LogP contribution < -0.4 is 15.2 Å². The quantitative estimate of drug-likeness (QED) is 0.415. The fourth-order valence-electron chi connectivity index (χ4n) is 5.03. The minimum Gasteiger partial charge on any atom is -0.438 e. The molecule has 0 atom stereocenters. The number of rotatable bonds is 7. The van der Waals surface area contributed by atoms with Gasteiger partial charge in [0, 0.05) is 11.6 Å². The van der Waals surface area contributed by atoms with Crippen LogP contribution >= 0.6 is 0 Å². The van der Waals surface area contributed by atoms with Crippen LogP contribution in [0.1, 0.15) is 77.7 Å². The number of amides is 1. The Hall–Kier alpha value is -3.46. The second-order valence-corrected chi connectivity index (χ2v) is 11.5. The van der Waals surface area contributed by atoms with Crippen molar-refractivity contribution >= 4 is 21.7 Å². The second kappa shape index (κ2) is 10.9. The third-order valence-corrected chi connectivity index (χ3v) is 8.25. The molecule has 1 aliphatic rings. The van der Waals surface area contributed by atoms with Crippen molar-refractivity contribution in [2.24, 2.45) is 5.92 Å². The van der Waals surface area contributed by atoms with Gasteiger partial charge in [-0.05, 0) is 87.8 Å². The molecule has 2 heterocycles. The maximum Gasteiger partial charge on any atom is 0.281 e. The Morgan fingerprint density at radius 1 is 1.03 bits per heavy atom. The normalized spacial score (nSPS) is 17.8. The van der Waals surface area contributed by atoms with E-state index in [0.29, 0.717) is 5.75 Å². The number of aryl methyl sites for hydroxylation is 3. The van der Waals surface area contributed by atoms with E-state index >= 15 is 0 Å². The Morgan fingerprint density at radius 3 is 2.32 bits per heavy atom. The van der Waals surface area contributed by atoms with Crippen molar-refractivity contribution in [1.82, 2.24) is 14.7 Å². The van der Waals surface area contributed by atoms with Gasteiger partial charge < -0.3 is 10.5 Å². The molecule has 9 heteroatoms. The van der Waals surface area contributed by atoms with E-state index in [4.69, 9.17) is 15.5 Å². The van der Waals surface area contributed by atoms with Gasteiger partial charge in [-0.2, -0.15) is 8.42 Å². The number of carbonyl (C=O) groups excluding carboxylic acids is 1. The number of sulfonamides is 1. The lowest BCUT2D eigenvalue weighted by molar-refractivity contribution is 0.0978. The van der Waals surface area contributed by atoms with Gasteiger partial charge in [0.2, 0.25) is 5.88 Å². The molecule has 0 aliphatic heterocycles. The highest BCUT2D eigenvalue weighted by atomic mass is 32.2. The molecule has 8 nitrogen and oxygen atoms in total. The SMILES string of the molecule is CCC1CCC(c2ccc(C(=O)NS(=O)(=O)c3cccc(N)n3)c(Oc3c(C)cc(C)cc3C)n2)CC1. The van der Waals surface area contributed by atoms with E-state index in [1.807, 2.05) is 32.9 Å². The number of nitrogen functional groups attached to an aromatic ring is 1. The van der Waals surface area contributed by atoms with Gasteiger partial charge in [-0.1, -0.05) is 37.1 Å². The van der Waals surface area contributed by atoms with Gasteiger partial charge in [0.15, 0.2) is 5.03 Å². The van der Waals surface area contributed by atoms with Crippen molar-refractivity contribution in [2.45, 2.75) is 70.7 Å². The summed E-state index contributed by atoms with van der Waals surface area (Å²) in [6.07, 6.45) is 5.50. The zero-order chi connectivity index (χ0) is 26.7. The van der Waals surface area contributed by atoms with Crippen molar-refractivity contribution in [3.63, 3.8) is 0 Å². The fraction of sp³-hybridized carbons (Fsp3) is 0.393. The first kappa shape index (κ1) is 26.6. The van der Waals surface area contributed by atoms with Gasteiger partial charge in [0.05, 0.1) is 0 Å². The van der Waals surface area contributed by atoms with Crippen LogP contribution in [0.15, 0.2) is 47.5 Å². The molecule has 37 heavy (non-hydrogen) atoms. The molecule has 2 aromatic heterocycles. The number of ether oxygens (including phenoxy) is 1. The van der Waals surface area contributed by atoms with Crippen molar-refractivity contribution in [1.29, 1.82) is 0 Å². The van der Waals surface area contributed by atoms with Crippen LogP contribution in [0.3, 0.4) is 0 Å². The number of aromatic nitrogens is 2. The van der Waals surface area contributed by atoms with E-state index in [9.17, 15) is 13.2 Å². The van der Waals surface area contributed by atoms with Crippen molar-refractivity contribution in [3.8, 4) is 11.6 Å². The molecule has 3 aromatic rings. The summed E-state index contributed by atoms with van der Waals surface area (Å²) in [6.45, 7) is 8.09. The minimum absolute atomic E-state index is 0.0258. The first-order chi connectivity index (χ1) is 17.6. The van der Waals surface area contributed by atoms with Crippen LogP contribution in [0.4, 0.5) is 5.82 Å². The standard InChI is InChI=1S/C28H34N4O4S/c1-5-20-9-11-21(12-10-20)23-14-13-22(27(33)32-37(34,35)25-8-6-7-24(29)31-25)28(30-23)36-26-18(3)15-17(2)16-19(26)4/h6-8,13-16,20-21H,5,9-12H2,1-4H3,(H2,29,31)(H,32,33). The van der Waals surface area contributed by atoms with Crippen LogP contribution in [0, 0.1) is 26.7 Å². The van der Waals surface area contributed by atoms with Crippen molar-refractivity contribution in [2.75, 3.05) is 5.73 Å². The van der Waals surface area contributed by atoms with Gasteiger partial charge in [0.25, 0.3) is 15.9 Å². The van der Waals surface area contributed by atoms with Gasteiger partial charge >= 0.3 is 0 Å².